The zero-order chi connectivity index (χ0) is 11.4. The molecule has 0 saturated carbocycles. The molecule has 16 heavy (non-hydrogen) atoms. The molecule has 1 N–H and O–H groups in total. The van der Waals surface area contributed by atoms with Gasteiger partial charge in [0.15, 0.2) is 11.4 Å². The summed E-state index contributed by atoms with van der Waals surface area (Å²) in [7, 11) is 0. The van der Waals surface area contributed by atoms with Crippen molar-refractivity contribution < 1.29 is 4.79 Å². The molecule has 0 bridgehead atoms. The Morgan fingerprint density at radius 1 is 1.25 bits per heavy atom. The van der Waals surface area contributed by atoms with E-state index >= 15 is 0 Å². The molecule has 0 atom stereocenters. The second-order valence-electron chi connectivity index (χ2n) is 2.86. The van der Waals surface area contributed by atoms with Crippen LogP contribution < -0.4 is 5.56 Å². The molecule has 5 nitrogen and oxygen atoms in total. The first-order chi connectivity index (χ1) is 7.79. The number of nitrogens with zero attached hydrogens (tertiary/aromatic N) is 2. The van der Waals surface area contributed by atoms with Crippen molar-refractivity contribution in [3.05, 3.63) is 46.5 Å². The Balaban J connectivity index is 2.33. The molecule has 0 aliphatic carbocycles. The standard InChI is InChI=1S/C10H7N3O2S/c14-6-7-2-1-4-11-9(7)16-10-12-5-3-8(15)13-10/h1-6H,(H,12,13,15). The second kappa shape index (κ2) is 4.71. The van der Waals surface area contributed by atoms with Gasteiger partial charge in [-0.05, 0) is 23.9 Å². The average molecular weight is 233 g/mol. The quantitative estimate of drug-likeness (QED) is 0.635. The molecule has 0 amide bonds. The van der Waals surface area contributed by atoms with Crippen molar-refractivity contribution in [3.8, 4) is 0 Å². The largest absolute Gasteiger partial charge is 0.301 e. The van der Waals surface area contributed by atoms with Gasteiger partial charge in [0, 0.05) is 24.0 Å². The summed E-state index contributed by atoms with van der Waals surface area (Å²) in [6, 6.07) is 4.65. The van der Waals surface area contributed by atoms with Crippen LogP contribution in [-0.4, -0.2) is 21.2 Å². The number of hydrogen-bond donors (Lipinski definition) is 1. The van der Waals surface area contributed by atoms with Gasteiger partial charge in [-0.25, -0.2) is 9.97 Å². The topological polar surface area (TPSA) is 75.7 Å². The Bertz CT molecular complexity index is 568. The van der Waals surface area contributed by atoms with Gasteiger partial charge in [0.05, 0.1) is 0 Å². The first kappa shape index (κ1) is 10.6. The lowest BCUT2D eigenvalue weighted by atomic mass is 10.3. The van der Waals surface area contributed by atoms with E-state index < -0.39 is 0 Å². The summed E-state index contributed by atoms with van der Waals surface area (Å²) in [6.45, 7) is 0. The molecule has 0 aliphatic rings. The normalized spacial score (nSPS) is 10.0. The van der Waals surface area contributed by atoms with E-state index in [1.165, 1.54) is 12.3 Å². The van der Waals surface area contributed by atoms with Crippen LogP contribution in [0.15, 0.2) is 45.6 Å². The van der Waals surface area contributed by atoms with Crippen LogP contribution >= 0.6 is 11.8 Å². The molecule has 0 radical (unpaired) electrons. The van der Waals surface area contributed by atoms with Gasteiger partial charge >= 0.3 is 0 Å². The molecule has 0 aliphatic heterocycles. The van der Waals surface area contributed by atoms with Gasteiger partial charge in [-0.2, -0.15) is 0 Å². The number of aromatic nitrogens is 3. The maximum Gasteiger partial charge on any atom is 0.251 e. The zero-order valence-electron chi connectivity index (χ0n) is 8.08. The van der Waals surface area contributed by atoms with Crippen molar-refractivity contribution in [1.29, 1.82) is 0 Å². The van der Waals surface area contributed by atoms with E-state index in [0.717, 1.165) is 18.0 Å². The minimum atomic E-state index is -0.235. The van der Waals surface area contributed by atoms with Crippen molar-refractivity contribution in [3.63, 3.8) is 0 Å². The number of aromatic amines is 1. The molecule has 0 aromatic carbocycles. The van der Waals surface area contributed by atoms with E-state index in [4.69, 9.17) is 0 Å². The summed E-state index contributed by atoms with van der Waals surface area (Å²) in [5.74, 6) is 0. The predicted octanol–water partition coefficient (Wildman–Crippen LogP) is 1.13. The number of carbonyl (C=O) groups is 1. The molecular formula is C10H7N3O2S. The molecule has 0 spiro atoms. The number of carbonyl (C=O) groups excluding carboxylic acids is 1. The van der Waals surface area contributed by atoms with E-state index in [1.54, 1.807) is 18.3 Å². The Morgan fingerprint density at radius 2 is 2.12 bits per heavy atom. The predicted molar refractivity (Wildman–Crippen MR) is 58.6 cm³/mol. The molecule has 0 fully saturated rings. The maximum absolute atomic E-state index is 11.0. The number of hydrogen-bond acceptors (Lipinski definition) is 5. The van der Waals surface area contributed by atoms with E-state index in [9.17, 15) is 9.59 Å². The number of pyridine rings is 1. The zero-order valence-corrected chi connectivity index (χ0v) is 8.90. The first-order valence-corrected chi connectivity index (χ1v) is 5.24. The van der Waals surface area contributed by atoms with Crippen molar-refractivity contribution in [2.75, 3.05) is 0 Å². The van der Waals surface area contributed by atoms with Gasteiger partial charge in [-0.3, -0.25) is 9.59 Å². The lowest BCUT2D eigenvalue weighted by Gasteiger charge is -2.01. The van der Waals surface area contributed by atoms with Crippen molar-refractivity contribution >= 4 is 18.0 Å². The molecule has 2 rings (SSSR count). The highest BCUT2D eigenvalue weighted by Crippen LogP contribution is 2.23. The third-order valence-electron chi connectivity index (χ3n) is 1.77. The third-order valence-corrected chi connectivity index (χ3v) is 2.70. The van der Waals surface area contributed by atoms with Crippen molar-refractivity contribution in [2.45, 2.75) is 10.2 Å². The summed E-state index contributed by atoms with van der Waals surface area (Å²) in [6.07, 6.45) is 3.71. The van der Waals surface area contributed by atoms with E-state index in [0.29, 0.717) is 15.7 Å². The molecule has 0 unspecified atom stereocenters. The van der Waals surface area contributed by atoms with Crippen LogP contribution in [-0.2, 0) is 0 Å². The third kappa shape index (κ3) is 2.34. The highest BCUT2D eigenvalue weighted by molar-refractivity contribution is 7.99. The molecule has 2 aromatic heterocycles. The fraction of sp³-hybridized carbons (Fsp3) is 0. The van der Waals surface area contributed by atoms with Crippen LogP contribution in [0.3, 0.4) is 0 Å². The van der Waals surface area contributed by atoms with Crippen LogP contribution in [0.5, 0.6) is 0 Å². The van der Waals surface area contributed by atoms with Crippen molar-refractivity contribution in [1.82, 2.24) is 15.0 Å². The van der Waals surface area contributed by atoms with Gasteiger partial charge < -0.3 is 4.98 Å². The van der Waals surface area contributed by atoms with Crippen LogP contribution in [0.25, 0.3) is 0 Å². The number of H-pyrrole nitrogens is 1. The van der Waals surface area contributed by atoms with Crippen LogP contribution in [0.2, 0.25) is 0 Å². The molecule has 6 heteroatoms. The Morgan fingerprint density at radius 3 is 2.88 bits per heavy atom. The number of rotatable bonds is 3. The first-order valence-electron chi connectivity index (χ1n) is 4.43. The van der Waals surface area contributed by atoms with Gasteiger partial charge in [-0.15, -0.1) is 0 Å². The SMILES string of the molecule is O=Cc1cccnc1Sc1nccc(=O)[nH]1. The summed E-state index contributed by atoms with van der Waals surface area (Å²) >= 11 is 1.14. The highest BCUT2D eigenvalue weighted by atomic mass is 32.2. The number of nitrogens with one attached hydrogen (secondary N) is 1. The van der Waals surface area contributed by atoms with E-state index in [2.05, 4.69) is 15.0 Å². The molecule has 80 valence electrons. The Labute approximate surface area is 95.0 Å². The Kier molecular flexibility index (Phi) is 3.11. The molecule has 2 aromatic rings. The number of aldehydes is 1. The Hall–Kier alpha value is -1.95. The smallest absolute Gasteiger partial charge is 0.251 e. The average Bonchev–Trinajstić information content (AvgIpc) is 2.30. The van der Waals surface area contributed by atoms with Crippen LogP contribution in [0.1, 0.15) is 10.4 Å². The fourth-order valence-electron chi connectivity index (χ4n) is 1.07. The summed E-state index contributed by atoms with van der Waals surface area (Å²) in [4.78, 5) is 32.3. The minimum Gasteiger partial charge on any atom is -0.301 e. The summed E-state index contributed by atoms with van der Waals surface area (Å²) in [5, 5.41) is 0.932. The lowest BCUT2D eigenvalue weighted by Crippen LogP contribution is -2.05. The van der Waals surface area contributed by atoms with Crippen LogP contribution in [0.4, 0.5) is 0 Å². The van der Waals surface area contributed by atoms with Gasteiger partial charge in [0.25, 0.3) is 5.56 Å². The molecular weight excluding hydrogens is 226 g/mol. The van der Waals surface area contributed by atoms with Gasteiger partial charge in [0.1, 0.15) is 5.03 Å². The minimum absolute atomic E-state index is 0.235. The summed E-state index contributed by atoms with van der Waals surface area (Å²) < 4.78 is 0. The fourth-order valence-corrected chi connectivity index (χ4v) is 1.87. The monoisotopic (exact) mass is 233 g/mol. The van der Waals surface area contributed by atoms with E-state index in [1.807, 2.05) is 0 Å². The van der Waals surface area contributed by atoms with Crippen molar-refractivity contribution in [2.24, 2.45) is 0 Å². The lowest BCUT2D eigenvalue weighted by molar-refractivity contribution is 0.112. The highest BCUT2D eigenvalue weighted by Gasteiger charge is 2.05. The second-order valence-corrected chi connectivity index (χ2v) is 3.83. The maximum atomic E-state index is 11.0. The van der Waals surface area contributed by atoms with Gasteiger partial charge in [0.2, 0.25) is 0 Å². The van der Waals surface area contributed by atoms with Crippen LogP contribution in [0, 0.1) is 0 Å². The molecule has 0 saturated heterocycles. The molecule has 2 heterocycles. The van der Waals surface area contributed by atoms with Gasteiger partial charge in [-0.1, -0.05) is 0 Å². The van der Waals surface area contributed by atoms with E-state index in [-0.39, 0.29) is 5.56 Å². The summed E-state index contributed by atoms with van der Waals surface area (Å²) in [5.41, 5.74) is 0.236.